The third kappa shape index (κ3) is 10.7. The minimum absolute atomic E-state index is 0.186. The molecule has 0 radical (unpaired) electrons. The molecule has 0 fully saturated rings. The van der Waals surface area contributed by atoms with E-state index in [0.29, 0.717) is 26.2 Å². The van der Waals surface area contributed by atoms with Crippen molar-refractivity contribution in [3.05, 3.63) is 71.8 Å². The average molecular weight is 499 g/mol. The van der Waals surface area contributed by atoms with Crippen molar-refractivity contribution < 1.29 is 19.1 Å². The SMILES string of the molecule is CCCCNC(=O)OCCN(CCOC(=O)NCCCC)C(c1ccccc1)C(N)c1ccccc1. The Hall–Kier alpha value is -3.10. The Bertz CT molecular complexity index is 838. The van der Waals surface area contributed by atoms with E-state index in [1.165, 1.54) is 0 Å². The number of rotatable bonds is 16. The molecule has 0 aliphatic heterocycles. The number of hydrogen-bond acceptors (Lipinski definition) is 6. The lowest BCUT2D eigenvalue weighted by molar-refractivity contribution is 0.0799. The van der Waals surface area contributed by atoms with Crippen molar-refractivity contribution in [3.63, 3.8) is 0 Å². The van der Waals surface area contributed by atoms with Gasteiger partial charge in [0, 0.05) is 32.2 Å². The van der Waals surface area contributed by atoms with Gasteiger partial charge in [0.2, 0.25) is 0 Å². The van der Waals surface area contributed by atoms with Crippen LogP contribution in [0, 0.1) is 0 Å². The van der Waals surface area contributed by atoms with E-state index in [9.17, 15) is 9.59 Å². The summed E-state index contributed by atoms with van der Waals surface area (Å²) < 4.78 is 10.9. The van der Waals surface area contributed by atoms with Crippen molar-refractivity contribution in [2.24, 2.45) is 5.73 Å². The van der Waals surface area contributed by atoms with Gasteiger partial charge in [0.05, 0.1) is 6.04 Å². The lowest BCUT2D eigenvalue weighted by Crippen LogP contribution is -2.41. The van der Waals surface area contributed by atoms with Crippen LogP contribution < -0.4 is 16.4 Å². The largest absolute Gasteiger partial charge is 0.448 e. The van der Waals surface area contributed by atoms with Gasteiger partial charge in [-0.3, -0.25) is 4.90 Å². The monoisotopic (exact) mass is 498 g/mol. The van der Waals surface area contributed by atoms with Crippen LogP contribution in [-0.2, 0) is 9.47 Å². The molecule has 2 atom stereocenters. The van der Waals surface area contributed by atoms with Gasteiger partial charge in [-0.2, -0.15) is 0 Å². The number of ether oxygens (including phenoxy) is 2. The molecule has 2 unspecified atom stereocenters. The van der Waals surface area contributed by atoms with E-state index < -0.39 is 12.2 Å². The standard InChI is InChI=1S/C28H42N4O4/c1-3-5-17-30-27(33)35-21-19-32(20-22-36-28(34)31-18-6-4-2)26(24-15-11-8-12-16-24)25(29)23-13-9-7-10-14-23/h7-16,25-26H,3-6,17-22,29H2,1-2H3,(H,30,33)(H,31,34). The van der Waals surface area contributed by atoms with E-state index in [1.54, 1.807) is 0 Å². The molecule has 8 nitrogen and oxygen atoms in total. The summed E-state index contributed by atoms with van der Waals surface area (Å²) in [4.78, 5) is 26.3. The van der Waals surface area contributed by atoms with E-state index >= 15 is 0 Å². The highest BCUT2D eigenvalue weighted by atomic mass is 16.6. The number of amides is 2. The molecule has 198 valence electrons. The van der Waals surface area contributed by atoms with E-state index in [2.05, 4.69) is 29.4 Å². The third-order valence-corrected chi connectivity index (χ3v) is 5.88. The van der Waals surface area contributed by atoms with Crippen molar-refractivity contribution in [2.75, 3.05) is 39.4 Å². The predicted octanol–water partition coefficient (Wildman–Crippen LogP) is 4.78. The number of carbonyl (C=O) groups is 2. The third-order valence-electron chi connectivity index (χ3n) is 5.88. The first-order valence-electron chi connectivity index (χ1n) is 13.0. The first-order valence-corrected chi connectivity index (χ1v) is 13.0. The zero-order chi connectivity index (χ0) is 26.0. The zero-order valence-corrected chi connectivity index (χ0v) is 21.7. The van der Waals surface area contributed by atoms with Crippen LogP contribution >= 0.6 is 0 Å². The normalized spacial score (nSPS) is 12.6. The van der Waals surface area contributed by atoms with Gasteiger partial charge in [0.25, 0.3) is 0 Å². The highest BCUT2D eigenvalue weighted by Crippen LogP contribution is 2.32. The van der Waals surface area contributed by atoms with Crippen LogP contribution in [0.5, 0.6) is 0 Å². The lowest BCUT2D eigenvalue weighted by Gasteiger charge is -2.36. The fourth-order valence-corrected chi connectivity index (χ4v) is 3.89. The van der Waals surface area contributed by atoms with Crippen LogP contribution in [0.1, 0.15) is 62.7 Å². The van der Waals surface area contributed by atoms with Gasteiger partial charge in [0.15, 0.2) is 0 Å². The molecule has 0 aliphatic carbocycles. The number of nitrogens with one attached hydrogen (secondary N) is 2. The first-order chi connectivity index (χ1) is 17.6. The summed E-state index contributed by atoms with van der Waals surface area (Å²) in [5.41, 5.74) is 8.84. The molecule has 0 saturated carbocycles. The number of carbonyl (C=O) groups excluding carboxylic acids is 2. The summed E-state index contributed by atoms with van der Waals surface area (Å²) in [7, 11) is 0. The summed E-state index contributed by atoms with van der Waals surface area (Å²) in [6, 6.07) is 19.4. The smallest absolute Gasteiger partial charge is 0.407 e. The van der Waals surface area contributed by atoms with Gasteiger partial charge in [-0.25, -0.2) is 9.59 Å². The number of benzene rings is 2. The minimum atomic E-state index is -0.432. The maximum absolute atomic E-state index is 12.1. The molecule has 36 heavy (non-hydrogen) atoms. The molecule has 0 bridgehead atoms. The van der Waals surface area contributed by atoms with Crippen LogP contribution in [-0.4, -0.2) is 56.5 Å². The second kappa shape index (κ2) is 17.3. The van der Waals surface area contributed by atoms with Gasteiger partial charge in [-0.15, -0.1) is 0 Å². The van der Waals surface area contributed by atoms with Gasteiger partial charge in [-0.05, 0) is 24.0 Å². The Kier molecular flexibility index (Phi) is 14.0. The van der Waals surface area contributed by atoms with E-state index in [0.717, 1.165) is 36.8 Å². The molecule has 0 spiro atoms. The molecule has 0 saturated heterocycles. The summed E-state index contributed by atoms with van der Waals surface area (Å²) in [6.45, 7) is 6.55. The molecule has 2 aromatic rings. The molecule has 2 aromatic carbocycles. The Labute approximate surface area is 215 Å². The summed E-state index contributed by atoms with van der Waals surface area (Å²) in [6.07, 6.45) is 2.94. The average Bonchev–Trinajstić information content (AvgIpc) is 2.90. The molecule has 0 heterocycles. The van der Waals surface area contributed by atoms with Gasteiger partial charge >= 0.3 is 12.2 Å². The topological polar surface area (TPSA) is 106 Å². The summed E-state index contributed by atoms with van der Waals surface area (Å²) in [5.74, 6) is 0. The molecular formula is C28H42N4O4. The number of nitrogens with zero attached hydrogens (tertiary/aromatic N) is 1. The highest BCUT2D eigenvalue weighted by molar-refractivity contribution is 5.67. The first kappa shape index (κ1) is 29.1. The Morgan fingerprint density at radius 1 is 0.778 bits per heavy atom. The maximum atomic E-state index is 12.1. The highest BCUT2D eigenvalue weighted by Gasteiger charge is 2.28. The molecule has 0 aliphatic rings. The van der Waals surface area contributed by atoms with E-state index in [1.807, 2.05) is 60.7 Å². The molecule has 4 N–H and O–H groups in total. The van der Waals surface area contributed by atoms with Crippen LogP contribution in [0.4, 0.5) is 9.59 Å². The van der Waals surface area contributed by atoms with Crippen molar-refractivity contribution in [2.45, 2.75) is 51.6 Å². The number of hydrogen-bond donors (Lipinski definition) is 3. The quantitative estimate of drug-likeness (QED) is 0.288. The zero-order valence-electron chi connectivity index (χ0n) is 21.7. The predicted molar refractivity (Wildman–Crippen MR) is 143 cm³/mol. The van der Waals surface area contributed by atoms with Crippen molar-refractivity contribution in [1.82, 2.24) is 15.5 Å². The molecule has 2 amide bonds. The number of nitrogens with two attached hydrogens (primary N) is 1. The Balaban J connectivity index is 2.14. The molecule has 8 heteroatoms. The molecular weight excluding hydrogens is 456 g/mol. The van der Waals surface area contributed by atoms with Crippen LogP contribution in [0.25, 0.3) is 0 Å². The second-order valence-electron chi connectivity index (χ2n) is 8.66. The minimum Gasteiger partial charge on any atom is -0.448 e. The van der Waals surface area contributed by atoms with Crippen LogP contribution in [0.3, 0.4) is 0 Å². The van der Waals surface area contributed by atoms with Crippen LogP contribution in [0.2, 0.25) is 0 Å². The Morgan fingerprint density at radius 2 is 1.22 bits per heavy atom. The summed E-state index contributed by atoms with van der Waals surface area (Å²) >= 11 is 0. The van der Waals surface area contributed by atoms with Crippen molar-refractivity contribution in [3.8, 4) is 0 Å². The number of unbranched alkanes of at least 4 members (excludes halogenated alkanes) is 2. The van der Waals surface area contributed by atoms with Gasteiger partial charge in [-0.1, -0.05) is 87.4 Å². The maximum Gasteiger partial charge on any atom is 0.407 e. The van der Waals surface area contributed by atoms with Crippen molar-refractivity contribution in [1.29, 1.82) is 0 Å². The second-order valence-corrected chi connectivity index (χ2v) is 8.66. The van der Waals surface area contributed by atoms with Gasteiger partial charge < -0.3 is 25.8 Å². The van der Waals surface area contributed by atoms with E-state index in [-0.39, 0.29) is 25.3 Å². The number of alkyl carbamates (subject to hydrolysis) is 2. The van der Waals surface area contributed by atoms with E-state index in [4.69, 9.17) is 15.2 Å². The molecule has 2 rings (SSSR count). The van der Waals surface area contributed by atoms with Crippen LogP contribution in [0.15, 0.2) is 60.7 Å². The Morgan fingerprint density at radius 3 is 1.67 bits per heavy atom. The fourth-order valence-electron chi connectivity index (χ4n) is 3.89. The summed E-state index contributed by atoms with van der Waals surface area (Å²) in [5, 5.41) is 5.53. The fraction of sp³-hybridized carbons (Fsp3) is 0.500. The van der Waals surface area contributed by atoms with Gasteiger partial charge in [0.1, 0.15) is 13.2 Å². The van der Waals surface area contributed by atoms with Crippen molar-refractivity contribution >= 4 is 12.2 Å². The molecule has 0 aromatic heterocycles. The lowest BCUT2D eigenvalue weighted by atomic mass is 9.92.